The van der Waals surface area contributed by atoms with Gasteiger partial charge in [-0.25, -0.2) is 4.98 Å². The SMILES string of the molecule is CCCCc1nc(C=Cc2ccccc2)c(C=O)[nH]1. The first-order valence-corrected chi connectivity index (χ1v) is 6.60. The lowest BCUT2D eigenvalue weighted by molar-refractivity contribution is 0.111. The molecule has 0 bridgehead atoms. The van der Waals surface area contributed by atoms with Gasteiger partial charge in [0.1, 0.15) is 11.5 Å². The van der Waals surface area contributed by atoms with Crippen LogP contribution >= 0.6 is 0 Å². The predicted octanol–water partition coefficient (Wildman–Crippen LogP) is 3.74. The number of hydrogen-bond donors (Lipinski definition) is 1. The summed E-state index contributed by atoms with van der Waals surface area (Å²) < 4.78 is 0. The molecule has 98 valence electrons. The molecule has 0 saturated carbocycles. The third kappa shape index (κ3) is 3.65. The van der Waals surface area contributed by atoms with E-state index in [1.165, 1.54) is 0 Å². The number of carbonyl (C=O) groups is 1. The number of aldehydes is 1. The maximum Gasteiger partial charge on any atom is 0.168 e. The molecule has 1 aromatic carbocycles. The standard InChI is InChI=1S/C16H18N2O/c1-2-3-9-16-17-14(15(12-19)18-16)11-10-13-7-5-4-6-8-13/h4-8,10-12H,2-3,9H2,1H3,(H,17,18). The maximum atomic E-state index is 11.0. The molecule has 0 aliphatic carbocycles. The molecule has 1 heterocycles. The smallest absolute Gasteiger partial charge is 0.168 e. The normalized spacial score (nSPS) is 11.0. The molecule has 19 heavy (non-hydrogen) atoms. The summed E-state index contributed by atoms with van der Waals surface area (Å²) in [5.41, 5.74) is 2.36. The zero-order valence-electron chi connectivity index (χ0n) is 11.1. The second-order valence-corrected chi connectivity index (χ2v) is 4.45. The molecule has 0 unspecified atom stereocenters. The van der Waals surface area contributed by atoms with Gasteiger partial charge < -0.3 is 4.98 Å². The summed E-state index contributed by atoms with van der Waals surface area (Å²) in [6.45, 7) is 2.14. The molecule has 3 nitrogen and oxygen atoms in total. The molecule has 0 atom stereocenters. The van der Waals surface area contributed by atoms with Gasteiger partial charge in [-0.3, -0.25) is 4.79 Å². The Morgan fingerprint density at radius 1 is 1.21 bits per heavy atom. The minimum atomic E-state index is 0.554. The molecule has 0 aliphatic rings. The lowest BCUT2D eigenvalue weighted by Gasteiger charge is -1.91. The Labute approximate surface area is 113 Å². The van der Waals surface area contributed by atoms with Crippen molar-refractivity contribution >= 4 is 18.4 Å². The van der Waals surface area contributed by atoms with Gasteiger partial charge in [-0.2, -0.15) is 0 Å². The number of rotatable bonds is 6. The second kappa shape index (κ2) is 6.69. The molecule has 0 aliphatic heterocycles. The van der Waals surface area contributed by atoms with Gasteiger partial charge in [0.15, 0.2) is 6.29 Å². The van der Waals surface area contributed by atoms with Gasteiger partial charge in [0, 0.05) is 6.42 Å². The van der Waals surface area contributed by atoms with Crippen LogP contribution in [0.2, 0.25) is 0 Å². The molecule has 0 amide bonds. The van der Waals surface area contributed by atoms with Crippen molar-refractivity contribution in [2.45, 2.75) is 26.2 Å². The van der Waals surface area contributed by atoms with Crippen LogP contribution < -0.4 is 0 Å². The number of carbonyl (C=O) groups excluding carboxylic acids is 1. The molecule has 0 spiro atoms. The van der Waals surface area contributed by atoms with Crippen LogP contribution in [-0.2, 0) is 6.42 Å². The van der Waals surface area contributed by atoms with E-state index in [0.717, 1.165) is 36.9 Å². The number of benzene rings is 1. The topological polar surface area (TPSA) is 45.8 Å². The molecule has 0 radical (unpaired) electrons. The molecule has 2 aromatic rings. The highest BCUT2D eigenvalue weighted by molar-refractivity contribution is 5.81. The number of nitrogens with zero attached hydrogens (tertiary/aromatic N) is 1. The van der Waals surface area contributed by atoms with Crippen molar-refractivity contribution in [3.63, 3.8) is 0 Å². The number of imidazole rings is 1. The maximum absolute atomic E-state index is 11.0. The molecule has 0 saturated heterocycles. The van der Waals surface area contributed by atoms with E-state index < -0.39 is 0 Å². The first-order valence-electron chi connectivity index (χ1n) is 6.60. The average molecular weight is 254 g/mol. The molecule has 1 N–H and O–H groups in total. The number of aryl methyl sites for hydroxylation is 1. The number of H-pyrrole nitrogens is 1. The highest BCUT2D eigenvalue weighted by atomic mass is 16.1. The minimum absolute atomic E-state index is 0.554. The monoisotopic (exact) mass is 254 g/mol. The first-order chi connectivity index (χ1) is 9.33. The van der Waals surface area contributed by atoms with Crippen LogP contribution in [0.15, 0.2) is 30.3 Å². The summed E-state index contributed by atoms with van der Waals surface area (Å²) in [6.07, 6.45) is 7.75. The van der Waals surface area contributed by atoms with Gasteiger partial charge in [0.2, 0.25) is 0 Å². The van der Waals surface area contributed by atoms with Crippen molar-refractivity contribution in [2.75, 3.05) is 0 Å². The number of aromatic nitrogens is 2. The van der Waals surface area contributed by atoms with Crippen molar-refractivity contribution in [1.82, 2.24) is 9.97 Å². The van der Waals surface area contributed by atoms with E-state index in [9.17, 15) is 4.79 Å². The molecule has 3 heteroatoms. The van der Waals surface area contributed by atoms with Crippen LogP contribution in [0.3, 0.4) is 0 Å². The average Bonchev–Trinajstić information content (AvgIpc) is 2.86. The molecular formula is C16H18N2O. The summed E-state index contributed by atoms with van der Waals surface area (Å²) in [6, 6.07) is 9.98. The zero-order valence-corrected chi connectivity index (χ0v) is 11.1. The summed E-state index contributed by atoms with van der Waals surface area (Å²) in [5, 5.41) is 0. The van der Waals surface area contributed by atoms with Gasteiger partial charge in [-0.1, -0.05) is 49.8 Å². The van der Waals surface area contributed by atoms with Gasteiger partial charge in [-0.15, -0.1) is 0 Å². The number of nitrogens with one attached hydrogen (secondary N) is 1. The Hall–Kier alpha value is -2.16. The van der Waals surface area contributed by atoms with Crippen LogP contribution in [0.25, 0.3) is 12.2 Å². The number of unbranched alkanes of at least 4 members (excludes halogenated alkanes) is 1. The van der Waals surface area contributed by atoms with E-state index in [2.05, 4.69) is 16.9 Å². The Kier molecular flexibility index (Phi) is 4.67. The van der Waals surface area contributed by atoms with E-state index in [1.54, 1.807) is 0 Å². The van der Waals surface area contributed by atoms with Crippen LogP contribution in [0.1, 0.15) is 47.3 Å². The van der Waals surface area contributed by atoms with Crippen LogP contribution in [0, 0.1) is 0 Å². The third-order valence-electron chi connectivity index (χ3n) is 2.93. The Bertz CT molecular complexity index is 555. The fourth-order valence-corrected chi connectivity index (χ4v) is 1.87. The lowest BCUT2D eigenvalue weighted by atomic mass is 10.2. The molecule has 0 fully saturated rings. The van der Waals surface area contributed by atoms with Gasteiger partial charge in [0.25, 0.3) is 0 Å². The van der Waals surface area contributed by atoms with Crippen LogP contribution in [0.5, 0.6) is 0 Å². The van der Waals surface area contributed by atoms with E-state index in [-0.39, 0.29) is 0 Å². The van der Waals surface area contributed by atoms with E-state index in [0.29, 0.717) is 11.4 Å². The second-order valence-electron chi connectivity index (χ2n) is 4.45. The quantitative estimate of drug-likeness (QED) is 0.798. The fraction of sp³-hybridized carbons (Fsp3) is 0.250. The number of aromatic amines is 1. The van der Waals surface area contributed by atoms with Gasteiger partial charge in [-0.05, 0) is 18.1 Å². The van der Waals surface area contributed by atoms with E-state index in [4.69, 9.17) is 0 Å². The van der Waals surface area contributed by atoms with Crippen molar-refractivity contribution in [1.29, 1.82) is 0 Å². The Morgan fingerprint density at radius 3 is 2.68 bits per heavy atom. The van der Waals surface area contributed by atoms with E-state index in [1.807, 2.05) is 42.5 Å². The summed E-state index contributed by atoms with van der Waals surface area (Å²) in [5.74, 6) is 0.886. The van der Waals surface area contributed by atoms with Crippen molar-refractivity contribution in [3.05, 3.63) is 53.1 Å². The van der Waals surface area contributed by atoms with Crippen molar-refractivity contribution in [3.8, 4) is 0 Å². The third-order valence-corrected chi connectivity index (χ3v) is 2.93. The fourth-order valence-electron chi connectivity index (χ4n) is 1.87. The number of hydrogen-bond acceptors (Lipinski definition) is 2. The minimum Gasteiger partial charge on any atom is -0.339 e. The van der Waals surface area contributed by atoms with Gasteiger partial charge in [0.05, 0.1) is 5.69 Å². The zero-order chi connectivity index (χ0) is 13.5. The molecular weight excluding hydrogens is 236 g/mol. The predicted molar refractivity (Wildman–Crippen MR) is 78.0 cm³/mol. The Balaban J connectivity index is 2.17. The lowest BCUT2D eigenvalue weighted by Crippen LogP contribution is -1.87. The van der Waals surface area contributed by atoms with Crippen LogP contribution in [0.4, 0.5) is 0 Å². The molecule has 2 rings (SSSR count). The highest BCUT2D eigenvalue weighted by Gasteiger charge is 2.06. The van der Waals surface area contributed by atoms with Crippen molar-refractivity contribution < 1.29 is 4.79 Å². The Morgan fingerprint density at radius 2 is 2.00 bits per heavy atom. The largest absolute Gasteiger partial charge is 0.339 e. The molecule has 1 aromatic heterocycles. The summed E-state index contributed by atoms with van der Waals surface area (Å²) in [4.78, 5) is 18.6. The summed E-state index contributed by atoms with van der Waals surface area (Å²) in [7, 11) is 0. The first kappa shape index (κ1) is 13.3. The van der Waals surface area contributed by atoms with Crippen molar-refractivity contribution in [2.24, 2.45) is 0 Å². The van der Waals surface area contributed by atoms with Gasteiger partial charge >= 0.3 is 0 Å². The van der Waals surface area contributed by atoms with Crippen LogP contribution in [-0.4, -0.2) is 16.3 Å². The van der Waals surface area contributed by atoms with E-state index >= 15 is 0 Å². The summed E-state index contributed by atoms with van der Waals surface area (Å²) >= 11 is 0. The highest BCUT2D eigenvalue weighted by Crippen LogP contribution is 2.11.